The lowest BCUT2D eigenvalue weighted by molar-refractivity contribution is 0.0702. The molecular formula is C11H11N3O4S2. The van der Waals surface area contributed by atoms with Crippen molar-refractivity contribution in [3.8, 4) is 0 Å². The highest BCUT2D eigenvalue weighted by Gasteiger charge is 2.20. The number of carboxylic acids is 1. The summed E-state index contributed by atoms with van der Waals surface area (Å²) in [7, 11) is -3.88. The van der Waals surface area contributed by atoms with E-state index in [1.807, 2.05) is 0 Å². The van der Waals surface area contributed by atoms with Gasteiger partial charge in [0, 0.05) is 11.4 Å². The minimum absolute atomic E-state index is 0.0345. The standard InChI is InChI=1S/C11H11N3O4S2/c1-6-5-7(2)13-11(12-6)14-20(17,18)9-4-3-8(19-9)10(15)16/h3-5H,1-2H3,(H,15,16)(H,12,13,14). The van der Waals surface area contributed by atoms with Crippen LogP contribution in [0.2, 0.25) is 0 Å². The fourth-order valence-corrected chi connectivity index (χ4v) is 3.61. The number of carboxylic acid groups (broad SMARTS) is 1. The minimum atomic E-state index is -3.88. The van der Waals surface area contributed by atoms with Crippen LogP contribution < -0.4 is 4.72 Å². The molecule has 0 fully saturated rings. The molecule has 0 aromatic carbocycles. The van der Waals surface area contributed by atoms with Crippen LogP contribution in [0.1, 0.15) is 21.1 Å². The van der Waals surface area contributed by atoms with E-state index < -0.39 is 16.0 Å². The number of aromatic nitrogens is 2. The van der Waals surface area contributed by atoms with Crippen molar-refractivity contribution in [3.05, 3.63) is 34.5 Å². The molecule has 0 unspecified atom stereocenters. The smallest absolute Gasteiger partial charge is 0.345 e. The normalized spacial score (nSPS) is 11.3. The molecule has 106 valence electrons. The largest absolute Gasteiger partial charge is 0.477 e. The van der Waals surface area contributed by atoms with E-state index in [9.17, 15) is 13.2 Å². The van der Waals surface area contributed by atoms with Crippen molar-refractivity contribution in [1.29, 1.82) is 0 Å². The van der Waals surface area contributed by atoms with Crippen molar-refractivity contribution in [2.75, 3.05) is 4.72 Å². The molecule has 2 aromatic heterocycles. The van der Waals surface area contributed by atoms with Crippen LogP contribution in [0.15, 0.2) is 22.4 Å². The van der Waals surface area contributed by atoms with Crippen molar-refractivity contribution >= 4 is 33.3 Å². The quantitative estimate of drug-likeness (QED) is 0.888. The maximum atomic E-state index is 12.1. The summed E-state index contributed by atoms with van der Waals surface area (Å²) in [4.78, 5) is 18.7. The second-order valence-corrected chi connectivity index (χ2v) is 7.00. The Hall–Kier alpha value is -2.00. The number of carbonyl (C=O) groups is 1. The topological polar surface area (TPSA) is 109 Å². The van der Waals surface area contributed by atoms with E-state index in [4.69, 9.17) is 5.11 Å². The van der Waals surface area contributed by atoms with E-state index in [2.05, 4.69) is 14.7 Å². The van der Waals surface area contributed by atoms with Gasteiger partial charge in [0.25, 0.3) is 10.0 Å². The number of thiophene rings is 1. The zero-order valence-corrected chi connectivity index (χ0v) is 12.2. The summed E-state index contributed by atoms with van der Waals surface area (Å²) in [6.07, 6.45) is 0. The zero-order chi connectivity index (χ0) is 14.9. The number of aromatic carboxylic acids is 1. The molecule has 0 radical (unpaired) electrons. The number of hydrogen-bond donors (Lipinski definition) is 2. The lowest BCUT2D eigenvalue weighted by Gasteiger charge is -2.06. The predicted molar refractivity (Wildman–Crippen MR) is 73.6 cm³/mol. The third-order valence-corrected chi connectivity index (χ3v) is 5.16. The maximum Gasteiger partial charge on any atom is 0.345 e. The second kappa shape index (κ2) is 5.17. The van der Waals surface area contributed by atoms with Gasteiger partial charge in [-0.15, -0.1) is 11.3 Å². The van der Waals surface area contributed by atoms with Gasteiger partial charge in [-0.2, -0.15) is 0 Å². The molecule has 2 heterocycles. The SMILES string of the molecule is Cc1cc(C)nc(NS(=O)(=O)c2ccc(C(=O)O)s2)n1. The molecule has 2 rings (SSSR count). The number of nitrogens with one attached hydrogen (secondary N) is 1. The van der Waals surface area contributed by atoms with Gasteiger partial charge in [-0.3, -0.25) is 0 Å². The molecule has 0 saturated heterocycles. The van der Waals surface area contributed by atoms with Gasteiger partial charge in [0.15, 0.2) is 0 Å². The van der Waals surface area contributed by atoms with Crippen LogP contribution in [0.5, 0.6) is 0 Å². The van der Waals surface area contributed by atoms with Crippen LogP contribution in [0.4, 0.5) is 5.95 Å². The Morgan fingerprint density at radius 3 is 2.35 bits per heavy atom. The van der Waals surface area contributed by atoms with E-state index in [1.54, 1.807) is 19.9 Å². The van der Waals surface area contributed by atoms with Gasteiger partial charge in [-0.1, -0.05) is 0 Å². The maximum absolute atomic E-state index is 12.1. The van der Waals surface area contributed by atoms with Crippen LogP contribution in [-0.4, -0.2) is 29.5 Å². The van der Waals surface area contributed by atoms with Crippen molar-refractivity contribution in [3.63, 3.8) is 0 Å². The molecule has 2 N–H and O–H groups in total. The highest BCUT2D eigenvalue weighted by molar-refractivity contribution is 7.94. The highest BCUT2D eigenvalue weighted by Crippen LogP contribution is 2.23. The summed E-state index contributed by atoms with van der Waals surface area (Å²) in [5, 5.41) is 8.80. The lowest BCUT2D eigenvalue weighted by Crippen LogP contribution is -2.14. The molecule has 20 heavy (non-hydrogen) atoms. The summed E-state index contributed by atoms with van der Waals surface area (Å²) in [6.45, 7) is 3.44. The molecule has 0 aliphatic heterocycles. The summed E-state index contributed by atoms with van der Waals surface area (Å²) < 4.78 is 26.3. The fourth-order valence-electron chi connectivity index (χ4n) is 1.52. The van der Waals surface area contributed by atoms with Crippen LogP contribution in [0.25, 0.3) is 0 Å². The van der Waals surface area contributed by atoms with Crippen molar-refractivity contribution in [2.24, 2.45) is 0 Å². The van der Waals surface area contributed by atoms with Gasteiger partial charge in [-0.25, -0.2) is 27.9 Å². The van der Waals surface area contributed by atoms with E-state index in [0.717, 1.165) is 0 Å². The van der Waals surface area contributed by atoms with Crippen LogP contribution in [0.3, 0.4) is 0 Å². The molecule has 9 heteroatoms. The predicted octanol–water partition coefficient (Wildman–Crippen LogP) is 1.65. The number of aryl methyl sites for hydroxylation is 2. The highest BCUT2D eigenvalue weighted by atomic mass is 32.2. The van der Waals surface area contributed by atoms with Crippen molar-refractivity contribution < 1.29 is 18.3 Å². The molecule has 0 saturated carbocycles. The molecule has 0 bridgehead atoms. The Morgan fingerprint density at radius 2 is 1.85 bits per heavy atom. The van der Waals surface area contributed by atoms with E-state index in [1.165, 1.54) is 12.1 Å². The molecule has 0 amide bonds. The Bertz CT molecular complexity index is 747. The molecule has 0 atom stereocenters. The Kier molecular flexibility index (Phi) is 3.73. The molecular weight excluding hydrogens is 302 g/mol. The molecule has 7 nitrogen and oxygen atoms in total. The molecule has 0 aliphatic carbocycles. The third-order valence-electron chi connectivity index (χ3n) is 2.26. The number of nitrogens with zero attached hydrogens (tertiary/aromatic N) is 2. The second-order valence-electron chi connectivity index (χ2n) is 4.00. The first kappa shape index (κ1) is 14.4. The number of rotatable bonds is 4. The van der Waals surface area contributed by atoms with E-state index >= 15 is 0 Å². The van der Waals surface area contributed by atoms with Crippen LogP contribution in [0, 0.1) is 13.8 Å². The first-order valence-corrected chi connectivity index (χ1v) is 7.76. The van der Waals surface area contributed by atoms with Gasteiger partial charge in [0.05, 0.1) is 0 Å². The average Bonchev–Trinajstić information content (AvgIpc) is 2.76. The number of anilines is 1. The molecule has 0 aliphatic rings. The fraction of sp³-hybridized carbons (Fsp3) is 0.182. The van der Waals surface area contributed by atoms with Crippen molar-refractivity contribution in [2.45, 2.75) is 18.1 Å². The van der Waals surface area contributed by atoms with Gasteiger partial charge < -0.3 is 5.11 Å². The van der Waals surface area contributed by atoms with E-state index in [0.29, 0.717) is 22.7 Å². The number of hydrogen-bond acceptors (Lipinski definition) is 6. The zero-order valence-electron chi connectivity index (χ0n) is 10.6. The third kappa shape index (κ3) is 3.11. The molecule has 2 aromatic rings. The van der Waals surface area contributed by atoms with Gasteiger partial charge in [-0.05, 0) is 32.0 Å². The van der Waals surface area contributed by atoms with Gasteiger partial charge in [0.1, 0.15) is 9.09 Å². The van der Waals surface area contributed by atoms with Gasteiger partial charge in [0.2, 0.25) is 5.95 Å². The summed E-state index contributed by atoms with van der Waals surface area (Å²) >= 11 is 0.670. The number of sulfonamides is 1. The first-order chi connectivity index (χ1) is 9.28. The Morgan fingerprint density at radius 1 is 1.25 bits per heavy atom. The Balaban J connectivity index is 2.32. The first-order valence-electron chi connectivity index (χ1n) is 5.46. The minimum Gasteiger partial charge on any atom is -0.477 e. The molecule has 0 spiro atoms. The average molecular weight is 313 g/mol. The Labute approximate surface area is 119 Å². The lowest BCUT2D eigenvalue weighted by atomic mass is 10.4. The van der Waals surface area contributed by atoms with Crippen LogP contribution >= 0.6 is 11.3 Å². The summed E-state index contributed by atoms with van der Waals surface area (Å²) in [5.74, 6) is -1.20. The van der Waals surface area contributed by atoms with Gasteiger partial charge >= 0.3 is 5.97 Å². The monoisotopic (exact) mass is 313 g/mol. The van der Waals surface area contributed by atoms with Crippen molar-refractivity contribution in [1.82, 2.24) is 9.97 Å². The summed E-state index contributed by atoms with van der Waals surface area (Å²) in [6, 6.07) is 4.19. The van der Waals surface area contributed by atoms with Crippen LogP contribution in [-0.2, 0) is 10.0 Å². The summed E-state index contributed by atoms with van der Waals surface area (Å²) in [5.41, 5.74) is 1.26. The van der Waals surface area contributed by atoms with E-state index in [-0.39, 0.29) is 15.0 Å².